The van der Waals surface area contributed by atoms with Crippen molar-refractivity contribution in [2.75, 3.05) is 0 Å². The van der Waals surface area contributed by atoms with Gasteiger partial charge in [-0.3, -0.25) is 0 Å². The van der Waals surface area contributed by atoms with E-state index in [1.807, 2.05) is 0 Å². The minimum atomic E-state index is 0. The fraction of sp³-hybridized carbons (Fsp3) is 0.319. The second kappa shape index (κ2) is 20.9. The zero-order valence-corrected chi connectivity index (χ0v) is 37.4. The monoisotopic (exact) mass is 810 g/mol. The van der Waals surface area contributed by atoms with Gasteiger partial charge in [-0.2, -0.15) is 12.1 Å². The molecule has 0 atom stereocenters. The first-order chi connectivity index (χ1) is 22.6. The molecule has 6 aromatic rings. The van der Waals surface area contributed by atoms with Gasteiger partial charge in [0.05, 0.1) is 0 Å². The summed E-state index contributed by atoms with van der Waals surface area (Å²) < 4.78 is 0. The Kier molecular flexibility index (Phi) is 19.2. The summed E-state index contributed by atoms with van der Waals surface area (Å²) in [5.41, 5.74) is 11.2. The molecular formula is C47H58Cl2SiZr-4. The first-order valence-corrected chi connectivity index (χ1v) is 21.6. The van der Waals surface area contributed by atoms with Crippen molar-refractivity contribution in [3.8, 4) is 22.3 Å². The molecule has 0 heterocycles. The molecule has 0 unspecified atom stereocenters. The van der Waals surface area contributed by atoms with Crippen LogP contribution in [0.5, 0.6) is 0 Å². The van der Waals surface area contributed by atoms with E-state index in [9.17, 15) is 0 Å². The number of hydrogen-bond donors (Lipinski definition) is 0. The molecule has 7 rings (SSSR count). The number of hydrogen-bond acceptors (Lipinski definition) is 0. The molecule has 272 valence electrons. The molecule has 4 heteroatoms. The Hall–Kier alpha value is -2.22. The molecule has 0 saturated heterocycles. The maximum atomic E-state index is 3.06. The van der Waals surface area contributed by atoms with Crippen molar-refractivity contribution in [3.05, 3.63) is 146 Å². The summed E-state index contributed by atoms with van der Waals surface area (Å²) in [6, 6.07) is 40.9. The molecule has 51 heavy (non-hydrogen) atoms. The topological polar surface area (TPSA) is 0 Å². The fourth-order valence-corrected chi connectivity index (χ4v) is 7.17. The molecule has 0 amide bonds. The Bertz CT molecular complexity index is 1900. The number of fused-ring (bicyclic) bond motifs is 2. The van der Waals surface area contributed by atoms with Gasteiger partial charge in [0.1, 0.15) is 0 Å². The Balaban J connectivity index is 0.000000468. The second-order valence-electron chi connectivity index (χ2n) is 15.0. The van der Waals surface area contributed by atoms with Crippen LogP contribution >= 0.6 is 24.8 Å². The van der Waals surface area contributed by atoms with Crippen molar-refractivity contribution in [2.24, 2.45) is 5.92 Å². The molecule has 0 bridgehead atoms. The molecule has 1 saturated carbocycles. The zero-order chi connectivity index (χ0) is 33.7. The van der Waals surface area contributed by atoms with Gasteiger partial charge in [0.25, 0.3) is 0 Å². The van der Waals surface area contributed by atoms with Crippen LogP contribution in [0.4, 0.5) is 0 Å². The number of aryl methyl sites for hydroxylation is 1. The Labute approximate surface area is 340 Å². The van der Waals surface area contributed by atoms with Gasteiger partial charge in [0.2, 0.25) is 0 Å². The molecule has 0 nitrogen and oxygen atoms in total. The fourth-order valence-electron chi connectivity index (χ4n) is 7.17. The minimum absolute atomic E-state index is 0. The molecule has 1 aliphatic carbocycles. The van der Waals surface area contributed by atoms with Crippen molar-refractivity contribution >= 4 is 53.2 Å². The third-order valence-corrected chi connectivity index (χ3v) is 10.1. The first-order valence-electron chi connectivity index (χ1n) is 17.4. The third kappa shape index (κ3) is 11.4. The Morgan fingerprint density at radius 3 is 1.63 bits per heavy atom. The molecule has 0 aliphatic heterocycles. The van der Waals surface area contributed by atoms with Gasteiger partial charge >= 0.3 is 30.2 Å². The van der Waals surface area contributed by atoms with Crippen molar-refractivity contribution in [3.63, 3.8) is 0 Å². The van der Waals surface area contributed by atoms with Crippen LogP contribution in [0.15, 0.2) is 109 Å². The normalized spacial score (nSPS) is 15.1. The van der Waals surface area contributed by atoms with Gasteiger partial charge in [-0.05, 0) is 58.3 Å². The molecule has 0 N–H and O–H groups in total. The van der Waals surface area contributed by atoms with Gasteiger partial charge in [-0.25, -0.2) is 0 Å². The number of benzene rings is 4. The standard InChI is InChI=1S/C26H31.C19H19.2CH3.2ClH.Si.Zr/c1-18-8-10-19(11-9-18)22-16-21-6-5-7-24(25(21)17-22)20-12-14-23(15-13-20)26(2,3)4;1-13(2)15-7-9-16(10-8-15)18-6-4-5-17-11-14(3)12-19(17)18;;;;;;/h5-7,12-19H,8-11H2,1-4H3;4-13H,1-3H3;2*1H3;2*1H;;/q4*-1;;;;. The first kappa shape index (κ1) is 46.8. The molecule has 2 radical (unpaired) electrons. The number of rotatable bonds is 4. The molecule has 0 spiro atoms. The summed E-state index contributed by atoms with van der Waals surface area (Å²) in [4.78, 5) is 0. The summed E-state index contributed by atoms with van der Waals surface area (Å²) >= 11 is 1.36. The van der Waals surface area contributed by atoms with Crippen LogP contribution in [0.2, 0.25) is 0 Å². The van der Waals surface area contributed by atoms with Crippen LogP contribution < -0.4 is 0 Å². The molecule has 6 aromatic carbocycles. The second-order valence-corrected chi connectivity index (χ2v) is 15.0. The van der Waals surface area contributed by atoms with E-state index in [1.54, 1.807) is 5.56 Å². The SMILES string of the molecule is CC1CCC(c2cc3c(-c4ccc(C(C)(C)C)cc4)cccc3[cH-]2)CC1.Cc1cc2c(-c3ccc(C(C)C)cc3)cccc2[cH-]1.Cl.Cl.[CH3-].[CH3-].[Si]=[Zr]. The quantitative estimate of drug-likeness (QED) is 0.123. The third-order valence-electron chi connectivity index (χ3n) is 10.1. The summed E-state index contributed by atoms with van der Waals surface area (Å²) in [5.74, 6) is 2.26. The van der Waals surface area contributed by atoms with Crippen LogP contribution in [0, 0.1) is 27.7 Å². The van der Waals surface area contributed by atoms with Gasteiger partial charge in [0, 0.05) is 0 Å². The van der Waals surface area contributed by atoms with E-state index in [1.165, 1.54) is 110 Å². The van der Waals surface area contributed by atoms with E-state index in [2.05, 4.69) is 165 Å². The summed E-state index contributed by atoms with van der Waals surface area (Å²) in [6.45, 7) is 18.9. The summed E-state index contributed by atoms with van der Waals surface area (Å²) in [5, 5.41) is 5.51. The zero-order valence-electron chi connectivity index (χ0n) is 32.3. The van der Waals surface area contributed by atoms with E-state index in [-0.39, 0.29) is 45.1 Å². The van der Waals surface area contributed by atoms with Gasteiger partial charge < -0.3 is 14.9 Å². The molecule has 1 fully saturated rings. The van der Waals surface area contributed by atoms with E-state index in [4.69, 9.17) is 0 Å². The van der Waals surface area contributed by atoms with E-state index in [0.29, 0.717) is 5.92 Å². The predicted octanol–water partition coefficient (Wildman–Crippen LogP) is 14.8. The summed E-state index contributed by atoms with van der Waals surface area (Å²) in [7, 11) is 0. The van der Waals surface area contributed by atoms with E-state index < -0.39 is 0 Å². The predicted molar refractivity (Wildman–Crippen MR) is 231 cm³/mol. The molecule has 0 aromatic heterocycles. The van der Waals surface area contributed by atoms with Crippen molar-refractivity contribution in [1.82, 2.24) is 0 Å². The number of halogens is 2. The van der Waals surface area contributed by atoms with E-state index >= 15 is 0 Å². The maximum absolute atomic E-state index is 3.06. The average Bonchev–Trinajstić information content (AvgIpc) is 3.69. The van der Waals surface area contributed by atoms with Crippen molar-refractivity contribution in [2.45, 2.75) is 91.4 Å². The van der Waals surface area contributed by atoms with Crippen LogP contribution in [0.1, 0.15) is 101 Å². The van der Waals surface area contributed by atoms with E-state index in [0.717, 1.165) is 11.8 Å². The Morgan fingerprint density at radius 1 is 0.667 bits per heavy atom. The van der Waals surface area contributed by atoms with Gasteiger partial charge in [-0.15, -0.1) is 93.9 Å². The van der Waals surface area contributed by atoms with Crippen LogP contribution in [0.3, 0.4) is 0 Å². The average molecular weight is 813 g/mol. The molecule has 1 aliphatic rings. The van der Waals surface area contributed by atoms with Crippen LogP contribution in [-0.2, 0) is 28.8 Å². The Morgan fingerprint density at radius 2 is 1.14 bits per heavy atom. The van der Waals surface area contributed by atoms with Crippen LogP contribution in [-0.4, -0.2) is 6.88 Å². The van der Waals surface area contributed by atoms with Crippen molar-refractivity contribution in [1.29, 1.82) is 0 Å². The molecular weight excluding hydrogens is 755 g/mol. The van der Waals surface area contributed by atoms with Crippen LogP contribution in [0.25, 0.3) is 43.8 Å². The van der Waals surface area contributed by atoms with Gasteiger partial charge in [-0.1, -0.05) is 133 Å². The summed E-state index contributed by atoms with van der Waals surface area (Å²) in [6.07, 6.45) is 5.47. The van der Waals surface area contributed by atoms with Crippen molar-refractivity contribution < 1.29 is 23.3 Å². The van der Waals surface area contributed by atoms with Gasteiger partial charge in [0.15, 0.2) is 0 Å².